The molecule has 3 rings (SSSR count). The van der Waals surface area contributed by atoms with Gasteiger partial charge in [0, 0.05) is 18.5 Å². The van der Waals surface area contributed by atoms with Crippen molar-refractivity contribution in [3.8, 4) is 5.75 Å². The van der Waals surface area contributed by atoms with Crippen LogP contribution in [0.15, 0.2) is 48.7 Å². The zero-order valence-corrected chi connectivity index (χ0v) is 14.6. The van der Waals surface area contributed by atoms with E-state index in [-0.39, 0.29) is 30.6 Å². The number of carbonyl (C=O) groups is 1. The molecule has 0 fully saturated rings. The molecule has 0 bridgehead atoms. The second-order valence-corrected chi connectivity index (χ2v) is 5.71. The summed E-state index contributed by atoms with van der Waals surface area (Å²) in [7, 11) is 1.77. The molecule has 3 N–H and O–H groups in total. The second kappa shape index (κ2) is 8.00. The lowest BCUT2D eigenvalue weighted by Crippen LogP contribution is -2.30. The zero-order valence-electron chi connectivity index (χ0n) is 13.8. The van der Waals surface area contributed by atoms with Gasteiger partial charge in [-0.1, -0.05) is 30.3 Å². The van der Waals surface area contributed by atoms with E-state index in [1.54, 1.807) is 23.9 Å². The van der Waals surface area contributed by atoms with E-state index in [9.17, 15) is 9.90 Å². The van der Waals surface area contributed by atoms with Gasteiger partial charge in [0.05, 0.1) is 11.7 Å². The molecule has 2 aromatic carbocycles. The highest BCUT2D eigenvalue weighted by atomic mass is 35.5. The van der Waals surface area contributed by atoms with Gasteiger partial charge < -0.3 is 15.6 Å². The molecule has 0 amide bonds. The lowest BCUT2D eigenvalue weighted by molar-refractivity contribution is 0.0694. The summed E-state index contributed by atoms with van der Waals surface area (Å²) in [5.74, 6) is -0.730. The quantitative estimate of drug-likeness (QED) is 0.704. The average molecular weight is 362 g/mol. The number of hydrogen-bond acceptors (Lipinski definition) is 4. The first-order valence-electron chi connectivity index (χ1n) is 7.66. The number of carboxylic acid groups (broad SMARTS) is 1. The Bertz CT molecular complexity index is 865. The molecule has 0 unspecified atom stereocenters. The van der Waals surface area contributed by atoms with Crippen LogP contribution in [0.1, 0.15) is 15.9 Å². The van der Waals surface area contributed by atoms with Crippen LogP contribution in [-0.2, 0) is 13.5 Å². The maximum Gasteiger partial charge on any atom is 0.340 e. The Morgan fingerprint density at radius 1 is 1.28 bits per heavy atom. The first-order valence-corrected chi connectivity index (χ1v) is 7.66. The van der Waals surface area contributed by atoms with Crippen LogP contribution in [0.4, 0.5) is 0 Å². The summed E-state index contributed by atoms with van der Waals surface area (Å²) in [5.41, 5.74) is 8.09. The maximum absolute atomic E-state index is 11.6. The number of ether oxygens (including phenoxy) is 1. The summed E-state index contributed by atoms with van der Waals surface area (Å²) in [6, 6.07) is 13.1. The van der Waals surface area contributed by atoms with Crippen molar-refractivity contribution >= 4 is 29.3 Å². The predicted molar refractivity (Wildman–Crippen MR) is 98.5 cm³/mol. The summed E-state index contributed by atoms with van der Waals surface area (Å²) in [4.78, 5) is 11.6. The van der Waals surface area contributed by atoms with E-state index in [4.69, 9.17) is 10.5 Å². The van der Waals surface area contributed by atoms with Gasteiger partial charge in [-0.15, -0.1) is 12.4 Å². The molecular weight excluding hydrogens is 342 g/mol. The van der Waals surface area contributed by atoms with Crippen molar-refractivity contribution in [2.24, 2.45) is 12.8 Å². The first-order chi connectivity index (χ1) is 11.6. The topological polar surface area (TPSA) is 90.4 Å². The highest BCUT2D eigenvalue weighted by Gasteiger charge is 2.18. The normalized spacial score (nSPS) is 11.8. The lowest BCUT2D eigenvalue weighted by atomic mass is 10.1. The molecule has 1 atom stereocenters. The van der Waals surface area contributed by atoms with Gasteiger partial charge in [-0.25, -0.2) is 4.79 Å². The Kier molecular flexibility index (Phi) is 6.01. The molecule has 6 nitrogen and oxygen atoms in total. The van der Waals surface area contributed by atoms with Crippen molar-refractivity contribution in [1.82, 2.24) is 9.78 Å². The summed E-state index contributed by atoms with van der Waals surface area (Å²) in [6.07, 6.45) is 2.20. The third-order valence-electron chi connectivity index (χ3n) is 3.90. The fourth-order valence-electron chi connectivity index (χ4n) is 2.72. The monoisotopic (exact) mass is 361 g/mol. The van der Waals surface area contributed by atoms with Crippen LogP contribution in [0, 0.1) is 0 Å². The van der Waals surface area contributed by atoms with Gasteiger partial charge in [-0.3, -0.25) is 4.68 Å². The van der Waals surface area contributed by atoms with Gasteiger partial charge in [0.15, 0.2) is 0 Å². The molecule has 0 spiro atoms. The molecular formula is C18H20ClN3O3. The number of hydrogen-bond donors (Lipinski definition) is 2. The molecule has 1 heterocycles. The van der Waals surface area contributed by atoms with Gasteiger partial charge >= 0.3 is 5.97 Å². The van der Waals surface area contributed by atoms with Crippen LogP contribution in [0.3, 0.4) is 0 Å². The minimum atomic E-state index is -1.04. The van der Waals surface area contributed by atoms with E-state index in [0.29, 0.717) is 17.6 Å². The largest absolute Gasteiger partial charge is 0.491 e. The number of fused-ring (bicyclic) bond motifs is 1. The SMILES string of the molecule is Cl.Cn1ncc2c(C(=O)O)c(OC[C@H](N)Cc3ccccc3)ccc21. The number of nitrogens with two attached hydrogens (primary N) is 1. The smallest absolute Gasteiger partial charge is 0.340 e. The first kappa shape index (κ1) is 18.8. The van der Waals surface area contributed by atoms with Gasteiger partial charge in [-0.2, -0.15) is 5.10 Å². The summed E-state index contributed by atoms with van der Waals surface area (Å²) >= 11 is 0. The summed E-state index contributed by atoms with van der Waals surface area (Å²) in [6.45, 7) is 0.237. The Labute approximate surface area is 151 Å². The highest BCUT2D eigenvalue weighted by molar-refractivity contribution is 6.05. The third kappa shape index (κ3) is 4.10. The van der Waals surface area contributed by atoms with E-state index >= 15 is 0 Å². The van der Waals surface area contributed by atoms with Crippen molar-refractivity contribution in [3.05, 3.63) is 59.8 Å². The Morgan fingerprint density at radius 2 is 2.00 bits per heavy atom. The Hall–Kier alpha value is -2.57. The predicted octanol–water partition coefficient (Wildman–Crippen LogP) is 2.64. The average Bonchev–Trinajstić information content (AvgIpc) is 2.94. The molecule has 0 saturated heterocycles. The van der Waals surface area contributed by atoms with Gasteiger partial charge in [-0.05, 0) is 24.1 Å². The number of carboxylic acids is 1. The molecule has 132 valence electrons. The standard InChI is InChI=1S/C18H19N3O3.ClH/c1-21-15-7-8-16(17(18(22)23)14(15)10-20-21)24-11-13(19)9-12-5-3-2-4-6-12;/h2-8,10,13H,9,11,19H2,1H3,(H,22,23);1H/t13-;/m1./s1. The summed E-state index contributed by atoms with van der Waals surface area (Å²) in [5, 5.41) is 14.2. The van der Waals surface area contributed by atoms with Crippen LogP contribution in [-0.4, -0.2) is 33.5 Å². The van der Waals surface area contributed by atoms with Crippen molar-refractivity contribution < 1.29 is 14.6 Å². The van der Waals surface area contributed by atoms with Crippen molar-refractivity contribution in [2.75, 3.05) is 6.61 Å². The van der Waals surface area contributed by atoms with Crippen molar-refractivity contribution in [1.29, 1.82) is 0 Å². The lowest BCUT2D eigenvalue weighted by Gasteiger charge is -2.15. The van der Waals surface area contributed by atoms with Crippen molar-refractivity contribution in [2.45, 2.75) is 12.5 Å². The Morgan fingerprint density at radius 3 is 2.68 bits per heavy atom. The van der Waals surface area contributed by atoms with Crippen LogP contribution in [0.5, 0.6) is 5.75 Å². The number of rotatable bonds is 6. The molecule has 0 aliphatic heterocycles. The second-order valence-electron chi connectivity index (χ2n) is 5.71. The van der Waals surface area contributed by atoms with Crippen LogP contribution >= 0.6 is 12.4 Å². The molecule has 25 heavy (non-hydrogen) atoms. The van der Waals surface area contributed by atoms with Gasteiger partial charge in [0.2, 0.25) is 0 Å². The van der Waals surface area contributed by atoms with E-state index < -0.39 is 5.97 Å². The minimum Gasteiger partial charge on any atom is -0.491 e. The number of halogens is 1. The molecule has 0 radical (unpaired) electrons. The number of aromatic carboxylic acids is 1. The maximum atomic E-state index is 11.6. The van der Waals surface area contributed by atoms with Crippen LogP contribution in [0.2, 0.25) is 0 Å². The number of nitrogens with zero attached hydrogens (tertiary/aromatic N) is 2. The fraction of sp³-hybridized carbons (Fsp3) is 0.222. The van der Waals surface area contributed by atoms with E-state index in [1.807, 2.05) is 30.3 Å². The zero-order chi connectivity index (χ0) is 17.1. The summed E-state index contributed by atoms with van der Waals surface area (Å²) < 4.78 is 7.34. The van der Waals surface area contributed by atoms with Crippen molar-refractivity contribution in [3.63, 3.8) is 0 Å². The highest BCUT2D eigenvalue weighted by Crippen LogP contribution is 2.28. The van der Waals surface area contributed by atoms with Gasteiger partial charge in [0.1, 0.15) is 17.9 Å². The minimum absolute atomic E-state index is 0. The van der Waals surface area contributed by atoms with Gasteiger partial charge in [0.25, 0.3) is 0 Å². The van der Waals surface area contributed by atoms with Crippen LogP contribution in [0.25, 0.3) is 10.9 Å². The number of benzene rings is 2. The molecule has 3 aromatic rings. The molecule has 0 aliphatic carbocycles. The molecule has 1 aromatic heterocycles. The third-order valence-corrected chi connectivity index (χ3v) is 3.90. The Balaban J connectivity index is 0.00000225. The molecule has 0 aliphatic rings. The van der Waals surface area contributed by atoms with E-state index in [1.165, 1.54) is 6.20 Å². The van der Waals surface area contributed by atoms with Crippen LogP contribution < -0.4 is 10.5 Å². The van der Waals surface area contributed by atoms with E-state index in [2.05, 4.69) is 5.10 Å². The number of aryl methyl sites for hydroxylation is 1. The number of aromatic nitrogens is 2. The fourth-order valence-corrected chi connectivity index (χ4v) is 2.72. The molecule has 0 saturated carbocycles. The van der Waals surface area contributed by atoms with E-state index in [0.717, 1.165) is 11.1 Å². The molecule has 7 heteroatoms.